The topological polar surface area (TPSA) is 0 Å². The van der Waals surface area contributed by atoms with Crippen LogP contribution in [0.3, 0.4) is 0 Å². The summed E-state index contributed by atoms with van der Waals surface area (Å²) >= 11 is 7.95. The van der Waals surface area contributed by atoms with Crippen molar-refractivity contribution in [1.82, 2.24) is 0 Å². The summed E-state index contributed by atoms with van der Waals surface area (Å²) in [5.74, 6) is 0. The average Bonchev–Trinajstić information content (AvgIpc) is 2.79. The van der Waals surface area contributed by atoms with E-state index in [1.54, 1.807) is 0 Å². The first-order chi connectivity index (χ1) is 13.8. The second-order valence-electron chi connectivity index (χ2n) is 7.21. The van der Waals surface area contributed by atoms with Gasteiger partial charge >= 0.3 is 0 Å². The standard InChI is InChI=1S/C26H20S2/c27-24(19-10-3-1-4-11-19)23-17-21-16-15-18-9-7-8-14-22(18)26(21)28-25(23)20-12-5-2-6-13-20/h1-14,17,25H,15-16H2. The zero-order valence-corrected chi connectivity index (χ0v) is 17.1. The molecule has 0 amide bonds. The van der Waals surface area contributed by atoms with Gasteiger partial charge < -0.3 is 0 Å². The highest BCUT2D eigenvalue weighted by Crippen LogP contribution is 2.53. The van der Waals surface area contributed by atoms with Gasteiger partial charge in [0.15, 0.2) is 0 Å². The molecule has 1 aliphatic heterocycles. The van der Waals surface area contributed by atoms with E-state index in [0.717, 1.165) is 23.3 Å². The molecule has 0 radical (unpaired) electrons. The molecule has 0 nitrogen and oxygen atoms in total. The summed E-state index contributed by atoms with van der Waals surface area (Å²) in [6.07, 6.45) is 4.57. The van der Waals surface area contributed by atoms with E-state index in [9.17, 15) is 0 Å². The Hall–Kier alpha value is -2.42. The fourth-order valence-corrected chi connectivity index (χ4v) is 5.92. The summed E-state index contributed by atoms with van der Waals surface area (Å²) in [7, 11) is 0. The van der Waals surface area contributed by atoms with Gasteiger partial charge in [-0.3, -0.25) is 0 Å². The molecular formula is C26H20S2. The third kappa shape index (κ3) is 3.17. The van der Waals surface area contributed by atoms with Crippen LogP contribution in [0.2, 0.25) is 0 Å². The molecule has 0 saturated heterocycles. The van der Waals surface area contributed by atoms with Crippen LogP contribution in [-0.2, 0) is 6.42 Å². The van der Waals surface area contributed by atoms with Crippen molar-refractivity contribution in [2.45, 2.75) is 18.1 Å². The van der Waals surface area contributed by atoms with Gasteiger partial charge in [-0.15, -0.1) is 11.8 Å². The van der Waals surface area contributed by atoms with Gasteiger partial charge in [0, 0.05) is 9.77 Å². The lowest BCUT2D eigenvalue weighted by Crippen LogP contribution is -2.15. The number of hydrogen-bond donors (Lipinski definition) is 0. The minimum absolute atomic E-state index is 0.221. The van der Waals surface area contributed by atoms with Crippen LogP contribution >= 0.6 is 24.0 Å². The SMILES string of the molecule is S=C(C1=CC2=C(SC1c1ccccc1)c1ccccc1CC2)c1ccccc1. The lowest BCUT2D eigenvalue weighted by atomic mass is 9.88. The number of rotatable bonds is 3. The molecule has 1 atom stereocenters. The number of thiocarbonyl (C=S) groups is 1. The predicted molar refractivity (Wildman–Crippen MR) is 125 cm³/mol. The van der Waals surface area contributed by atoms with E-state index in [1.165, 1.54) is 32.7 Å². The number of allylic oxidation sites excluding steroid dienone is 2. The third-order valence-corrected chi connectivity index (χ3v) is 7.42. The maximum absolute atomic E-state index is 5.98. The Morgan fingerprint density at radius 1 is 0.786 bits per heavy atom. The first-order valence-corrected chi connectivity index (χ1v) is 10.9. The van der Waals surface area contributed by atoms with Gasteiger partial charge in [-0.25, -0.2) is 0 Å². The summed E-state index contributed by atoms with van der Waals surface area (Å²) in [6, 6.07) is 30.0. The Labute approximate surface area is 176 Å². The highest BCUT2D eigenvalue weighted by molar-refractivity contribution is 8.08. The van der Waals surface area contributed by atoms with Crippen molar-refractivity contribution < 1.29 is 0 Å². The van der Waals surface area contributed by atoms with Crippen LogP contribution in [0.25, 0.3) is 4.91 Å². The van der Waals surface area contributed by atoms with E-state index in [2.05, 4.69) is 84.9 Å². The maximum atomic E-state index is 5.98. The van der Waals surface area contributed by atoms with Crippen molar-refractivity contribution in [3.8, 4) is 0 Å². The molecule has 0 N–H and O–H groups in total. The molecule has 0 fully saturated rings. The van der Waals surface area contributed by atoms with Gasteiger partial charge in [-0.2, -0.15) is 0 Å². The molecule has 1 aliphatic carbocycles. The van der Waals surface area contributed by atoms with Crippen LogP contribution < -0.4 is 0 Å². The van der Waals surface area contributed by atoms with Gasteiger partial charge in [0.05, 0.1) is 5.25 Å². The van der Waals surface area contributed by atoms with Gasteiger partial charge in [-0.05, 0) is 46.2 Å². The van der Waals surface area contributed by atoms with Crippen LogP contribution in [0, 0.1) is 0 Å². The Morgan fingerprint density at radius 2 is 1.46 bits per heavy atom. The molecule has 0 bridgehead atoms. The van der Waals surface area contributed by atoms with E-state index in [1.807, 2.05) is 17.8 Å². The first kappa shape index (κ1) is 17.7. The molecule has 0 spiro atoms. The smallest absolute Gasteiger partial charge is 0.0608 e. The van der Waals surface area contributed by atoms with Crippen LogP contribution in [0.4, 0.5) is 0 Å². The molecule has 136 valence electrons. The van der Waals surface area contributed by atoms with Gasteiger partial charge in [0.1, 0.15) is 0 Å². The van der Waals surface area contributed by atoms with Crippen molar-refractivity contribution in [3.63, 3.8) is 0 Å². The minimum atomic E-state index is 0.221. The second-order valence-corrected chi connectivity index (χ2v) is 8.74. The highest BCUT2D eigenvalue weighted by Gasteiger charge is 2.31. The summed E-state index contributed by atoms with van der Waals surface area (Å²) in [5, 5.41) is 0.221. The molecule has 1 heterocycles. The summed E-state index contributed by atoms with van der Waals surface area (Å²) in [4.78, 5) is 2.39. The van der Waals surface area contributed by atoms with Gasteiger partial charge in [0.2, 0.25) is 0 Å². The molecule has 3 aromatic carbocycles. The number of aryl methyl sites for hydroxylation is 1. The van der Waals surface area contributed by atoms with Crippen molar-refractivity contribution in [2.24, 2.45) is 0 Å². The fourth-order valence-electron chi connectivity index (χ4n) is 4.05. The van der Waals surface area contributed by atoms with Crippen LogP contribution in [-0.4, -0.2) is 4.86 Å². The summed E-state index contributed by atoms with van der Waals surface area (Å²) in [6.45, 7) is 0. The van der Waals surface area contributed by atoms with Crippen molar-refractivity contribution >= 4 is 33.7 Å². The van der Waals surface area contributed by atoms with Crippen LogP contribution in [0.5, 0.6) is 0 Å². The molecule has 1 unspecified atom stereocenters. The van der Waals surface area contributed by atoms with Crippen molar-refractivity contribution in [3.05, 3.63) is 124 Å². The van der Waals surface area contributed by atoms with Gasteiger partial charge in [0.25, 0.3) is 0 Å². The van der Waals surface area contributed by atoms with E-state index in [4.69, 9.17) is 12.2 Å². The maximum Gasteiger partial charge on any atom is 0.0608 e. The van der Waals surface area contributed by atoms with Gasteiger partial charge in [-0.1, -0.05) is 103 Å². The molecule has 3 aromatic rings. The molecule has 28 heavy (non-hydrogen) atoms. The molecule has 2 heteroatoms. The Kier molecular flexibility index (Phi) is 4.76. The molecule has 2 aliphatic rings. The van der Waals surface area contributed by atoms with E-state index < -0.39 is 0 Å². The quantitative estimate of drug-likeness (QED) is 0.340. The number of thioether (sulfide) groups is 1. The summed E-state index contributed by atoms with van der Waals surface area (Å²) in [5.41, 5.74) is 8.00. The lowest BCUT2D eigenvalue weighted by molar-refractivity contribution is 0.941. The fraction of sp³-hybridized carbons (Fsp3) is 0.115. The predicted octanol–water partition coefficient (Wildman–Crippen LogP) is 7.18. The minimum Gasteiger partial charge on any atom is -0.112 e. The number of benzene rings is 3. The Morgan fingerprint density at radius 3 is 2.25 bits per heavy atom. The Bertz CT molecular complexity index is 1090. The third-order valence-electron chi connectivity index (χ3n) is 5.47. The monoisotopic (exact) mass is 396 g/mol. The molecule has 0 aromatic heterocycles. The molecule has 0 saturated carbocycles. The lowest BCUT2D eigenvalue weighted by Gasteiger charge is -2.32. The summed E-state index contributed by atoms with van der Waals surface area (Å²) < 4.78 is 0. The number of hydrogen-bond acceptors (Lipinski definition) is 2. The number of fused-ring (bicyclic) bond motifs is 2. The van der Waals surface area contributed by atoms with Crippen molar-refractivity contribution in [1.29, 1.82) is 0 Å². The zero-order valence-electron chi connectivity index (χ0n) is 15.5. The molecular weight excluding hydrogens is 376 g/mol. The van der Waals surface area contributed by atoms with Crippen molar-refractivity contribution in [2.75, 3.05) is 0 Å². The largest absolute Gasteiger partial charge is 0.112 e. The highest BCUT2D eigenvalue weighted by atomic mass is 32.2. The van der Waals surface area contributed by atoms with E-state index in [-0.39, 0.29) is 5.25 Å². The van der Waals surface area contributed by atoms with Crippen LogP contribution in [0.1, 0.15) is 33.9 Å². The zero-order chi connectivity index (χ0) is 18.9. The van der Waals surface area contributed by atoms with E-state index in [0.29, 0.717) is 0 Å². The Balaban J connectivity index is 1.65. The second kappa shape index (κ2) is 7.54. The normalized spacial score (nSPS) is 18.1. The van der Waals surface area contributed by atoms with Crippen LogP contribution in [0.15, 0.2) is 102 Å². The average molecular weight is 397 g/mol. The first-order valence-electron chi connectivity index (χ1n) is 9.65. The molecule has 5 rings (SSSR count). The van der Waals surface area contributed by atoms with E-state index >= 15 is 0 Å².